The monoisotopic (exact) mass is 414 g/mol. The van der Waals surface area contributed by atoms with E-state index in [0.29, 0.717) is 0 Å². The molecular formula is C25H28N5O+. The van der Waals surface area contributed by atoms with Gasteiger partial charge >= 0.3 is 0 Å². The number of aryl methyl sites for hydroxylation is 2. The van der Waals surface area contributed by atoms with E-state index in [4.69, 9.17) is 4.74 Å². The lowest BCUT2D eigenvalue weighted by atomic mass is 10.1. The Labute approximate surface area is 183 Å². The number of hydrogen-bond donors (Lipinski definition) is 1. The fourth-order valence-corrected chi connectivity index (χ4v) is 3.73. The van der Waals surface area contributed by atoms with Gasteiger partial charge in [-0.05, 0) is 46.7 Å². The van der Waals surface area contributed by atoms with E-state index in [2.05, 4.69) is 82.3 Å². The number of tetrazole rings is 1. The molecule has 4 rings (SSSR count). The molecule has 31 heavy (non-hydrogen) atoms. The molecular weight excluding hydrogens is 386 g/mol. The summed E-state index contributed by atoms with van der Waals surface area (Å²) in [6.45, 7) is 3.30. The molecule has 6 heteroatoms. The van der Waals surface area contributed by atoms with Crippen LogP contribution in [0, 0.1) is 0 Å². The number of quaternary nitrogens is 1. The quantitative estimate of drug-likeness (QED) is 0.434. The maximum atomic E-state index is 5.30. The summed E-state index contributed by atoms with van der Waals surface area (Å²) < 4.78 is 7.23. The molecule has 1 heterocycles. The zero-order valence-electron chi connectivity index (χ0n) is 17.8. The highest BCUT2D eigenvalue weighted by Crippen LogP contribution is 2.11. The molecule has 0 saturated heterocycles. The number of hydrogen-bond acceptors (Lipinski definition) is 4. The maximum absolute atomic E-state index is 5.30. The average molecular weight is 415 g/mol. The predicted octanol–water partition coefficient (Wildman–Crippen LogP) is 2.71. The molecule has 0 aliphatic rings. The van der Waals surface area contributed by atoms with Gasteiger partial charge in [0.2, 0.25) is 5.82 Å². The Morgan fingerprint density at radius 3 is 2.00 bits per heavy atom. The van der Waals surface area contributed by atoms with Crippen molar-refractivity contribution in [3.05, 3.63) is 107 Å². The highest BCUT2D eigenvalue weighted by atomic mass is 16.5. The lowest BCUT2D eigenvalue weighted by Crippen LogP contribution is -3.08. The average Bonchev–Trinajstić information content (AvgIpc) is 3.26. The van der Waals surface area contributed by atoms with Crippen molar-refractivity contribution in [1.82, 2.24) is 20.2 Å². The van der Waals surface area contributed by atoms with Crippen LogP contribution in [0.25, 0.3) is 0 Å². The van der Waals surface area contributed by atoms with Gasteiger partial charge in [-0.3, -0.25) is 0 Å². The summed E-state index contributed by atoms with van der Waals surface area (Å²) in [5, 5.41) is 12.5. The van der Waals surface area contributed by atoms with Crippen LogP contribution in [0.3, 0.4) is 0 Å². The van der Waals surface area contributed by atoms with Gasteiger partial charge in [0.25, 0.3) is 0 Å². The Kier molecular flexibility index (Phi) is 7.03. The minimum absolute atomic E-state index is 0.753. The van der Waals surface area contributed by atoms with Crippen molar-refractivity contribution in [3.63, 3.8) is 0 Å². The molecule has 0 radical (unpaired) electrons. The van der Waals surface area contributed by atoms with Crippen molar-refractivity contribution in [2.24, 2.45) is 0 Å². The third kappa shape index (κ3) is 5.99. The van der Waals surface area contributed by atoms with Crippen molar-refractivity contribution in [2.45, 2.75) is 32.6 Å². The Balaban J connectivity index is 1.48. The van der Waals surface area contributed by atoms with E-state index in [1.165, 1.54) is 21.6 Å². The molecule has 0 saturated carbocycles. The smallest absolute Gasteiger partial charge is 0.206 e. The van der Waals surface area contributed by atoms with Gasteiger partial charge in [0.1, 0.15) is 25.4 Å². The van der Waals surface area contributed by atoms with Crippen LogP contribution < -0.4 is 9.64 Å². The van der Waals surface area contributed by atoms with Crippen molar-refractivity contribution in [1.29, 1.82) is 0 Å². The van der Waals surface area contributed by atoms with Gasteiger partial charge in [0, 0.05) is 17.7 Å². The molecule has 0 spiro atoms. The van der Waals surface area contributed by atoms with Crippen molar-refractivity contribution in [2.75, 3.05) is 7.11 Å². The van der Waals surface area contributed by atoms with Crippen LogP contribution in [0.15, 0.2) is 84.9 Å². The van der Waals surface area contributed by atoms with Crippen LogP contribution in [0.2, 0.25) is 0 Å². The number of benzene rings is 3. The highest BCUT2D eigenvalue weighted by Gasteiger charge is 2.17. The Morgan fingerprint density at radius 1 is 0.742 bits per heavy atom. The van der Waals surface area contributed by atoms with E-state index in [9.17, 15) is 0 Å². The van der Waals surface area contributed by atoms with Gasteiger partial charge in [0.05, 0.1) is 7.11 Å². The molecule has 0 amide bonds. The van der Waals surface area contributed by atoms with E-state index >= 15 is 0 Å². The van der Waals surface area contributed by atoms with E-state index in [0.717, 1.165) is 44.2 Å². The largest absolute Gasteiger partial charge is 0.497 e. The van der Waals surface area contributed by atoms with Crippen molar-refractivity contribution in [3.8, 4) is 5.75 Å². The van der Waals surface area contributed by atoms with Crippen molar-refractivity contribution < 1.29 is 9.64 Å². The van der Waals surface area contributed by atoms with Crippen LogP contribution in [-0.2, 0) is 32.6 Å². The first-order chi connectivity index (χ1) is 15.3. The molecule has 0 bridgehead atoms. The minimum Gasteiger partial charge on any atom is -0.497 e. The second-order valence-corrected chi connectivity index (χ2v) is 7.67. The maximum Gasteiger partial charge on any atom is 0.206 e. The lowest BCUT2D eigenvalue weighted by molar-refractivity contribution is -0.941. The number of nitrogens with zero attached hydrogens (tertiary/aromatic N) is 4. The summed E-state index contributed by atoms with van der Waals surface area (Å²) in [6.07, 6.45) is 0.908. The lowest BCUT2D eigenvalue weighted by Gasteiger charge is -2.19. The topological polar surface area (TPSA) is 57.3 Å². The summed E-state index contributed by atoms with van der Waals surface area (Å²) >= 11 is 0. The summed E-state index contributed by atoms with van der Waals surface area (Å²) in [7, 11) is 1.69. The molecule has 6 nitrogen and oxygen atoms in total. The second kappa shape index (κ2) is 10.5. The summed E-state index contributed by atoms with van der Waals surface area (Å²) in [5.74, 6) is 1.79. The molecule has 4 aromatic rings. The van der Waals surface area contributed by atoms with E-state index < -0.39 is 0 Å². The fraction of sp³-hybridized carbons (Fsp3) is 0.240. The molecule has 1 unspecified atom stereocenters. The molecule has 3 aromatic carbocycles. The summed E-state index contributed by atoms with van der Waals surface area (Å²) in [4.78, 5) is 1.38. The van der Waals surface area contributed by atoms with Crippen LogP contribution in [0.1, 0.15) is 22.5 Å². The van der Waals surface area contributed by atoms with Crippen LogP contribution in [0.4, 0.5) is 0 Å². The molecule has 158 valence electrons. The van der Waals surface area contributed by atoms with Gasteiger partial charge in [-0.25, -0.2) is 4.68 Å². The summed E-state index contributed by atoms with van der Waals surface area (Å²) in [5.41, 5.74) is 3.85. The standard InChI is InChI=1S/C25H27N5O/c1-31-24-14-12-23(13-15-24)19-29(18-22-10-6-3-7-11-22)20-25-26-27-28-30(25)17-16-21-8-4-2-5-9-21/h2-15H,16-20H2,1H3/p+1. The van der Waals surface area contributed by atoms with Crippen LogP contribution in [0.5, 0.6) is 5.75 Å². The Morgan fingerprint density at radius 2 is 1.35 bits per heavy atom. The second-order valence-electron chi connectivity index (χ2n) is 7.67. The minimum atomic E-state index is 0.753. The van der Waals surface area contributed by atoms with Gasteiger partial charge in [-0.1, -0.05) is 60.7 Å². The van der Waals surface area contributed by atoms with E-state index in [-0.39, 0.29) is 0 Å². The number of nitrogens with one attached hydrogen (secondary N) is 1. The number of ether oxygens (including phenoxy) is 1. The van der Waals surface area contributed by atoms with E-state index in [1.54, 1.807) is 7.11 Å². The third-order valence-electron chi connectivity index (χ3n) is 5.38. The molecule has 0 aliphatic heterocycles. The fourth-order valence-electron chi connectivity index (χ4n) is 3.73. The van der Waals surface area contributed by atoms with E-state index in [1.807, 2.05) is 22.9 Å². The van der Waals surface area contributed by atoms with Crippen LogP contribution in [-0.4, -0.2) is 27.3 Å². The molecule has 1 aromatic heterocycles. The zero-order chi connectivity index (χ0) is 21.3. The van der Waals surface area contributed by atoms with Gasteiger partial charge in [-0.2, -0.15) is 0 Å². The van der Waals surface area contributed by atoms with Gasteiger partial charge < -0.3 is 9.64 Å². The molecule has 1 atom stereocenters. The molecule has 0 aliphatic carbocycles. The number of methoxy groups -OCH3 is 1. The predicted molar refractivity (Wildman–Crippen MR) is 119 cm³/mol. The SMILES string of the molecule is COc1ccc(C[NH+](Cc2ccccc2)Cc2nnnn2CCc2ccccc2)cc1. The first-order valence-corrected chi connectivity index (χ1v) is 10.6. The van der Waals surface area contributed by atoms with Gasteiger partial charge in [-0.15, -0.1) is 5.10 Å². The molecule has 0 fully saturated rings. The third-order valence-corrected chi connectivity index (χ3v) is 5.38. The molecule has 1 N–H and O–H groups in total. The number of aromatic nitrogens is 4. The number of rotatable bonds is 10. The first-order valence-electron chi connectivity index (χ1n) is 10.6. The highest BCUT2D eigenvalue weighted by molar-refractivity contribution is 5.26. The van der Waals surface area contributed by atoms with Gasteiger partial charge in [0.15, 0.2) is 0 Å². The Hall–Kier alpha value is -3.51. The normalized spacial score (nSPS) is 11.9. The van der Waals surface area contributed by atoms with Crippen molar-refractivity contribution >= 4 is 0 Å². The summed E-state index contributed by atoms with van der Waals surface area (Å²) in [6, 6.07) is 29.3. The first kappa shape index (κ1) is 20.8. The Bertz CT molecular complexity index is 1050. The van der Waals surface area contributed by atoms with Crippen LogP contribution >= 0.6 is 0 Å². The zero-order valence-corrected chi connectivity index (χ0v) is 17.8.